The number of rotatable bonds is 3. The van der Waals surface area contributed by atoms with Crippen LogP contribution in [0, 0.1) is 12.7 Å². The van der Waals surface area contributed by atoms with E-state index in [1.807, 2.05) is 6.92 Å². The fourth-order valence-electron chi connectivity index (χ4n) is 1.52. The molecule has 0 saturated heterocycles. The number of halogens is 2. The van der Waals surface area contributed by atoms with Gasteiger partial charge in [0.05, 0.1) is 0 Å². The number of nitrogens with one attached hydrogen (secondary N) is 1. The highest BCUT2D eigenvalue weighted by Crippen LogP contribution is 2.22. The molecule has 2 aromatic carbocycles. The first-order chi connectivity index (χ1) is 8.88. The molecule has 0 heterocycles. The number of aryl methyl sites for hydroxylation is 1. The van der Waals surface area contributed by atoms with Crippen LogP contribution in [0.2, 0.25) is 0 Å². The predicted molar refractivity (Wildman–Crippen MR) is 76.1 cm³/mol. The molecule has 0 radical (unpaired) electrons. The first-order valence-corrected chi connectivity index (χ1v) is 7.71. The average Bonchev–Trinajstić information content (AvgIpc) is 2.31. The molecule has 0 saturated carbocycles. The van der Waals surface area contributed by atoms with E-state index in [-0.39, 0.29) is 4.90 Å². The van der Waals surface area contributed by atoms with Crippen LogP contribution in [-0.2, 0) is 10.0 Å². The van der Waals surface area contributed by atoms with Crippen molar-refractivity contribution in [1.82, 2.24) is 0 Å². The summed E-state index contributed by atoms with van der Waals surface area (Å²) in [6.07, 6.45) is 0. The van der Waals surface area contributed by atoms with Gasteiger partial charge in [-0.05, 0) is 37.3 Å². The second-order valence-corrected chi connectivity index (χ2v) is 6.61. The normalized spacial score (nSPS) is 11.3. The molecule has 0 spiro atoms. The molecule has 2 rings (SSSR count). The van der Waals surface area contributed by atoms with Crippen LogP contribution in [0.4, 0.5) is 10.1 Å². The highest BCUT2D eigenvalue weighted by atomic mass is 79.9. The Hall–Kier alpha value is -1.40. The van der Waals surface area contributed by atoms with Crippen LogP contribution >= 0.6 is 15.9 Å². The van der Waals surface area contributed by atoms with Crippen LogP contribution in [0.1, 0.15) is 5.56 Å². The summed E-state index contributed by atoms with van der Waals surface area (Å²) in [7, 11) is -3.92. The summed E-state index contributed by atoms with van der Waals surface area (Å²) in [6, 6.07) is 10.6. The maximum atomic E-state index is 13.7. The zero-order valence-electron chi connectivity index (χ0n) is 10.0. The summed E-state index contributed by atoms with van der Waals surface area (Å²) in [5.74, 6) is -0.797. The highest BCUT2D eigenvalue weighted by Gasteiger charge is 2.19. The van der Waals surface area contributed by atoms with E-state index in [0.717, 1.165) is 11.6 Å². The third-order valence-corrected chi connectivity index (χ3v) is 4.40. The maximum Gasteiger partial charge on any atom is 0.264 e. The van der Waals surface area contributed by atoms with Crippen molar-refractivity contribution in [2.75, 3.05) is 4.72 Å². The summed E-state index contributed by atoms with van der Waals surface area (Å²) < 4.78 is 40.6. The van der Waals surface area contributed by atoms with Crippen molar-refractivity contribution < 1.29 is 12.8 Å². The molecular formula is C13H11BrFNO2S. The number of benzene rings is 2. The van der Waals surface area contributed by atoms with E-state index in [9.17, 15) is 12.8 Å². The van der Waals surface area contributed by atoms with Crippen LogP contribution in [0.3, 0.4) is 0 Å². The van der Waals surface area contributed by atoms with Crippen molar-refractivity contribution in [1.29, 1.82) is 0 Å². The Bertz CT molecular complexity index is 699. The predicted octanol–water partition coefficient (Wildman–Crippen LogP) is 3.70. The first-order valence-electron chi connectivity index (χ1n) is 5.43. The fraction of sp³-hybridized carbons (Fsp3) is 0.0769. The molecule has 0 atom stereocenters. The van der Waals surface area contributed by atoms with Gasteiger partial charge in [0.2, 0.25) is 0 Å². The Balaban J connectivity index is 2.35. The molecule has 0 aliphatic rings. The summed E-state index contributed by atoms with van der Waals surface area (Å²) >= 11 is 3.08. The van der Waals surface area contributed by atoms with Gasteiger partial charge in [-0.1, -0.05) is 33.6 Å². The largest absolute Gasteiger partial charge is 0.280 e. The van der Waals surface area contributed by atoms with Crippen LogP contribution in [0.15, 0.2) is 51.8 Å². The molecule has 0 aromatic heterocycles. The molecule has 1 N–H and O–H groups in total. The Morgan fingerprint density at radius 3 is 2.32 bits per heavy atom. The van der Waals surface area contributed by atoms with Crippen molar-refractivity contribution in [2.45, 2.75) is 11.8 Å². The van der Waals surface area contributed by atoms with Gasteiger partial charge in [-0.15, -0.1) is 0 Å². The van der Waals surface area contributed by atoms with Crippen molar-refractivity contribution in [2.24, 2.45) is 0 Å². The summed E-state index contributed by atoms with van der Waals surface area (Å²) in [4.78, 5) is -0.378. The quantitative estimate of drug-likeness (QED) is 0.923. The summed E-state index contributed by atoms with van der Waals surface area (Å²) in [5, 5.41) is 0. The van der Waals surface area contributed by atoms with E-state index in [0.29, 0.717) is 10.2 Å². The standard InChI is InChI=1S/C13H11BrFNO2S/c1-9-2-5-11(6-3-9)16-19(17,18)13-7-4-10(14)8-12(13)15/h2-8,16H,1H3. The van der Waals surface area contributed by atoms with Crippen molar-refractivity contribution in [3.8, 4) is 0 Å². The third-order valence-electron chi connectivity index (χ3n) is 2.49. The van der Waals surface area contributed by atoms with Crippen molar-refractivity contribution in [3.05, 3.63) is 58.3 Å². The average molecular weight is 344 g/mol. The van der Waals surface area contributed by atoms with Crippen LogP contribution < -0.4 is 4.72 Å². The molecular weight excluding hydrogens is 333 g/mol. The van der Waals surface area contributed by atoms with Gasteiger partial charge >= 0.3 is 0 Å². The Morgan fingerprint density at radius 1 is 1.11 bits per heavy atom. The van der Waals surface area contributed by atoms with Gasteiger partial charge < -0.3 is 0 Å². The van der Waals surface area contributed by atoms with Crippen LogP contribution in [-0.4, -0.2) is 8.42 Å². The molecule has 0 unspecified atom stereocenters. The lowest BCUT2D eigenvalue weighted by atomic mass is 10.2. The Kier molecular flexibility index (Phi) is 3.91. The number of anilines is 1. The van der Waals surface area contributed by atoms with Gasteiger partial charge in [0.1, 0.15) is 10.7 Å². The molecule has 2 aromatic rings. The molecule has 0 aliphatic heterocycles. The number of sulfonamides is 1. The topological polar surface area (TPSA) is 46.2 Å². The van der Waals surface area contributed by atoms with E-state index < -0.39 is 15.8 Å². The monoisotopic (exact) mass is 343 g/mol. The van der Waals surface area contributed by atoms with Crippen molar-refractivity contribution >= 4 is 31.6 Å². The Labute approximate surface area is 119 Å². The molecule has 0 amide bonds. The minimum absolute atomic E-state index is 0.378. The van der Waals surface area contributed by atoms with Gasteiger partial charge in [-0.25, -0.2) is 12.8 Å². The second-order valence-electron chi connectivity index (χ2n) is 4.05. The molecule has 0 fully saturated rings. The van der Waals surface area contributed by atoms with Gasteiger partial charge in [0, 0.05) is 10.2 Å². The lowest BCUT2D eigenvalue weighted by Crippen LogP contribution is -2.14. The summed E-state index contributed by atoms with van der Waals surface area (Å²) in [5.41, 5.74) is 1.41. The number of hydrogen-bond acceptors (Lipinski definition) is 2. The van der Waals surface area contributed by atoms with Crippen LogP contribution in [0.5, 0.6) is 0 Å². The molecule has 0 aliphatic carbocycles. The minimum Gasteiger partial charge on any atom is -0.280 e. The summed E-state index contributed by atoms with van der Waals surface area (Å²) in [6.45, 7) is 1.90. The van der Waals surface area contributed by atoms with Gasteiger partial charge in [0.25, 0.3) is 10.0 Å². The maximum absolute atomic E-state index is 13.7. The molecule has 100 valence electrons. The van der Waals surface area contributed by atoms with E-state index in [4.69, 9.17) is 0 Å². The van der Waals surface area contributed by atoms with Gasteiger partial charge in [-0.3, -0.25) is 4.72 Å². The first kappa shape index (κ1) is 14.0. The van der Waals surface area contributed by atoms with Gasteiger partial charge in [-0.2, -0.15) is 0 Å². The van der Waals surface area contributed by atoms with E-state index in [1.165, 1.54) is 12.1 Å². The molecule has 0 bridgehead atoms. The van der Waals surface area contributed by atoms with Crippen molar-refractivity contribution in [3.63, 3.8) is 0 Å². The highest BCUT2D eigenvalue weighted by molar-refractivity contribution is 9.10. The van der Waals surface area contributed by atoms with Gasteiger partial charge in [0.15, 0.2) is 0 Å². The van der Waals surface area contributed by atoms with E-state index in [2.05, 4.69) is 20.7 Å². The van der Waals surface area contributed by atoms with Crippen LogP contribution in [0.25, 0.3) is 0 Å². The molecule has 6 heteroatoms. The van der Waals surface area contributed by atoms with E-state index >= 15 is 0 Å². The lowest BCUT2D eigenvalue weighted by molar-refractivity contribution is 0.570. The fourth-order valence-corrected chi connectivity index (χ4v) is 2.98. The zero-order chi connectivity index (χ0) is 14.0. The zero-order valence-corrected chi connectivity index (χ0v) is 12.4. The lowest BCUT2D eigenvalue weighted by Gasteiger charge is -2.09. The SMILES string of the molecule is Cc1ccc(NS(=O)(=O)c2ccc(Br)cc2F)cc1. The minimum atomic E-state index is -3.92. The second kappa shape index (κ2) is 5.30. The third kappa shape index (κ3) is 3.33. The Morgan fingerprint density at radius 2 is 1.74 bits per heavy atom. The smallest absolute Gasteiger partial charge is 0.264 e. The molecule has 19 heavy (non-hydrogen) atoms. The van der Waals surface area contributed by atoms with E-state index in [1.54, 1.807) is 24.3 Å². The number of hydrogen-bond donors (Lipinski definition) is 1. The molecule has 3 nitrogen and oxygen atoms in total.